The molecular formula is C27H40N2S. The number of aryl methyl sites for hydroxylation is 1. The van der Waals surface area contributed by atoms with Crippen LogP contribution in [0.3, 0.4) is 0 Å². The predicted octanol–water partition coefficient (Wildman–Crippen LogP) is 8.52. The molecule has 1 aromatic carbocycles. The molecule has 0 bridgehead atoms. The maximum atomic E-state index is 4.60. The molecule has 2 nitrogen and oxygen atoms in total. The zero-order valence-corrected chi connectivity index (χ0v) is 20.3. The summed E-state index contributed by atoms with van der Waals surface area (Å²) in [6.07, 6.45) is 17.7. The molecule has 1 atom stereocenters. The number of rotatable bonds is 14. The zero-order valence-electron chi connectivity index (χ0n) is 19.5. The second-order valence-corrected chi connectivity index (χ2v) is 9.87. The average Bonchev–Trinajstić information content (AvgIpc) is 2.74. The van der Waals surface area contributed by atoms with Crippen LogP contribution >= 0.6 is 11.8 Å². The van der Waals surface area contributed by atoms with Crippen molar-refractivity contribution in [3.8, 4) is 11.4 Å². The zero-order chi connectivity index (χ0) is 21.6. The Morgan fingerprint density at radius 2 is 1.67 bits per heavy atom. The number of nitrogens with zero attached hydrogens (tertiary/aromatic N) is 2. The molecular weight excluding hydrogens is 384 g/mol. The van der Waals surface area contributed by atoms with Gasteiger partial charge in [-0.25, -0.2) is 9.97 Å². The maximum absolute atomic E-state index is 4.60. The van der Waals surface area contributed by atoms with Gasteiger partial charge in [0.25, 0.3) is 0 Å². The van der Waals surface area contributed by atoms with E-state index in [0.29, 0.717) is 0 Å². The van der Waals surface area contributed by atoms with Gasteiger partial charge in [0.2, 0.25) is 0 Å². The Hall–Kier alpha value is -1.61. The van der Waals surface area contributed by atoms with Crippen LogP contribution in [-0.2, 0) is 6.42 Å². The summed E-state index contributed by atoms with van der Waals surface area (Å²) in [6, 6.07) is 8.72. The van der Waals surface area contributed by atoms with Gasteiger partial charge in [0, 0.05) is 22.9 Å². The lowest BCUT2D eigenvalue weighted by atomic mass is 10.0. The fourth-order valence-electron chi connectivity index (χ4n) is 3.44. The minimum atomic E-state index is 0.783. The van der Waals surface area contributed by atoms with Gasteiger partial charge in [-0.2, -0.15) is 0 Å². The van der Waals surface area contributed by atoms with E-state index in [2.05, 4.69) is 68.0 Å². The number of thioether (sulfide) groups is 1. The lowest BCUT2D eigenvalue weighted by molar-refractivity contribution is 0.525. The molecule has 0 amide bonds. The van der Waals surface area contributed by atoms with Crippen LogP contribution in [0, 0.1) is 5.92 Å². The number of unbranched alkanes of at least 4 members (excludes halogenated alkanes) is 4. The first kappa shape index (κ1) is 24.7. The minimum Gasteiger partial charge on any atom is -0.236 e. The van der Waals surface area contributed by atoms with Crippen LogP contribution in [-0.4, -0.2) is 15.7 Å². The van der Waals surface area contributed by atoms with Gasteiger partial charge in [0.1, 0.15) is 0 Å². The Balaban J connectivity index is 1.73. The maximum Gasteiger partial charge on any atom is 0.159 e. The van der Waals surface area contributed by atoms with E-state index in [-0.39, 0.29) is 0 Å². The highest BCUT2D eigenvalue weighted by molar-refractivity contribution is 7.99. The fourth-order valence-corrected chi connectivity index (χ4v) is 4.53. The van der Waals surface area contributed by atoms with E-state index < -0.39 is 0 Å². The summed E-state index contributed by atoms with van der Waals surface area (Å²) >= 11 is 1.95. The van der Waals surface area contributed by atoms with Crippen LogP contribution in [0.2, 0.25) is 0 Å². The van der Waals surface area contributed by atoms with Crippen LogP contribution in [0.1, 0.15) is 84.6 Å². The van der Waals surface area contributed by atoms with E-state index in [1.807, 2.05) is 24.2 Å². The van der Waals surface area contributed by atoms with E-state index >= 15 is 0 Å². The summed E-state index contributed by atoms with van der Waals surface area (Å²) in [6.45, 7) is 8.99. The highest BCUT2D eigenvalue weighted by atomic mass is 32.2. The van der Waals surface area contributed by atoms with Crippen molar-refractivity contribution in [1.82, 2.24) is 9.97 Å². The van der Waals surface area contributed by atoms with Gasteiger partial charge in [-0.1, -0.05) is 63.3 Å². The lowest BCUT2D eigenvalue weighted by Gasteiger charge is -2.10. The molecule has 0 spiro atoms. The van der Waals surface area contributed by atoms with Crippen molar-refractivity contribution in [2.75, 3.05) is 5.75 Å². The number of hydrogen-bond acceptors (Lipinski definition) is 3. The highest BCUT2D eigenvalue weighted by Crippen LogP contribution is 2.25. The van der Waals surface area contributed by atoms with Gasteiger partial charge in [0.15, 0.2) is 5.82 Å². The standard InChI is InChI=1S/C27H40N2S/c1-5-6-7-8-9-13-24-20-28-27(29-21-24)25-14-16-26(17-15-25)30-19-18-23(4)12-10-11-22(2)3/h11,14-17,20-21,23H,5-10,12-13,18-19H2,1-4H3. The van der Waals surface area contributed by atoms with Crippen molar-refractivity contribution in [3.05, 3.63) is 53.9 Å². The number of hydrogen-bond donors (Lipinski definition) is 0. The minimum absolute atomic E-state index is 0.783. The monoisotopic (exact) mass is 424 g/mol. The van der Waals surface area contributed by atoms with Crippen molar-refractivity contribution >= 4 is 11.8 Å². The first-order valence-electron chi connectivity index (χ1n) is 11.8. The Morgan fingerprint density at radius 1 is 0.967 bits per heavy atom. The second kappa shape index (κ2) is 14.4. The summed E-state index contributed by atoms with van der Waals surface area (Å²) in [5, 5.41) is 0. The molecule has 1 aromatic heterocycles. The summed E-state index contributed by atoms with van der Waals surface area (Å²) in [5.41, 5.74) is 3.78. The average molecular weight is 425 g/mol. The fraction of sp³-hybridized carbons (Fsp3) is 0.556. The van der Waals surface area contributed by atoms with Crippen LogP contribution in [0.5, 0.6) is 0 Å². The van der Waals surface area contributed by atoms with Gasteiger partial charge in [-0.3, -0.25) is 0 Å². The molecule has 0 aliphatic carbocycles. The van der Waals surface area contributed by atoms with Crippen LogP contribution in [0.15, 0.2) is 53.2 Å². The largest absolute Gasteiger partial charge is 0.236 e. The summed E-state index contributed by atoms with van der Waals surface area (Å²) in [7, 11) is 0. The first-order valence-corrected chi connectivity index (χ1v) is 12.7. The van der Waals surface area contributed by atoms with Crippen molar-refractivity contribution in [2.45, 2.75) is 90.4 Å². The Bertz CT molecular complexity index is 730. The normalized spacial score (nSPS) is 12.0. The van der Waals surface area contributed by atoms with E-state index in [4.69, 9.17) is 0 Å². The van der Waals surface area contributed by atoms with E-state index in [1.165, 1.54) is 73.2 Å². The molecule has 2 rings (SSSR count). The molecule has 0 N–H and O–H groups in total. The SMILES string of the molecule is CCCCCCCc1cnc(-c2ccc(SCCC(C)CCC=C(C)C)cc2)nc1. The third kappa shape index (κ3) is 9.93. The molecule has 3 heteroatoms. The molecule has 0 saturated heterocycles. The molecule has 0 aliphatic heterocycles. The van der Waals surface area contributed by atoms with Crippen LogP contribution in [0.4, 0.5) is 0 Å². The Morgan fingerprint density at radius 3 is 2.33 bits per heavy atom. The predicted molar refractivity (Wildman–Crippen MR) is 133 cm³/mol. The van der Waals surface area contributed by atoms with E-state index in [0.717, 1.165) is 23.7 Å². The Kier molecular flexibility index (Phi) is 11.8. The lowest BCUT2D eigenvalue weighted by Crippen LogP contribution is -1.96. The van der Waals surface area contributed by atoms with Gasteiger partial charge in [-0.05, 0) is 75.3 Å². The smallest absolute Gasteiger partial charge is 0.159 e. The number of aromatic nitrogens is 2. The quantitative estimate of drug-likeness (QED) is 0.173. The van der Waals surface area contributed by atoms with Gasteiger partial charge >= 0.3 is 0 Å². The van der Waals surface area contributed by atoms with Gasteiger partial charge in [0.05, 0.1) is 0 Å². The third-order valence-electron chi connectivity index (χ3n) is 5.48. The molecule has 2 aromatic rings. The van der Waals surface area contributed by atoms with E-state index in [9.17, 15) is 0 Å². The summed E-state index contributed by atoms with van der Waals surface area (Å²) < 4.78 is 0. The second-order valence-electron chi connectivity index (χ2n) is 8.70. The molecule has 164 valence electrons. The number of benzene rings is 1. The third-order valence-corrected chi connectivity index (χ3v) is 6.52. The molecule has 0 saturated carbocycles. The first-order chi connectivity index (χ1) is 14.6. The summed E-state index contributed by atoms with van der Waals surface area (Å²) in [4.78, 5) is 10.5. The molecule has 0 aliphatic rings. The molecule has 0 radical (unpaired) electrons. The van der Waals surface area contributed by atoms with Crippen molar-refractivity contribution < 1.29 is 0 Å². The summed E-state index contributed by atoms with van der Waals surface area (Å²) in [5.74, 6) is 2.79. The molecule has 0 fully saturated rings. The van der Waals surface area contributed by atoms with E-state index in [1.54, 1.807) is 0 Å². The van der Waals surface area contributed by atoms with Gasteiger partial charge in [-0.15, -0.1) is 11.8 Å². The highest BCUT2D eigenvalue weighted by Gasteiger charge is 2.05. The van der Waals surface area contributed by atoms with Gasteiger partial charge < -0.3 is 0 Å². The number of allylic oxidation sites excluding steroid dienone is 2. The van der Waals surface area contributed by atoms with Crippen molar-refractivity contribution in [2.24, 2.45) is 5.92 Å². The van der Waals surface area contributed by atoms with Crippen LogP contribution in [0.25, 0.3) is 11.4 Å². The molecule has 1 heterocycles. The van der Waals surface area contributed by atoms with Crippen molar-refractivity contribution in [1.29, 1.82) is 0 Å². The molecule has 1 unspecified atom stereocenters. The Labute approximate surface area is 189 Å². The molecule has 30 heavy (non-hydrogen) atoms. The van der Waals surface area contributed by atoms with Crippen LogP contribution < -0.4 is 0 Å². The van der Waals surface area contributed by atoms with Crippen molar-refractivity contribution in [3.63, 3.8) is 0 Å². The topological polar surface area (TPSA) is 25.8 Å².